The predicted octanol–water partition coefficient (Wildman–Crippen LogP) is 1.98. The number of alkyl halides is 6. The molecule has 0 saturated carbocycles. The van der Waals surface area contributed by atoms with Gasteiger partial charge < -0.3 is 20.3 Å². The second-order valence-corrected chi connectivity index (χ2v) is 5.49. The van der Waals surface area contributed by atoms with Crippen LogP contribution in [-0.4, -0.2) is 66.1 Å². The molecule has 1 aliphatic rings. The van der Waals surface area contributed by atoms with Gasteiger partial charge in [0, 0.05) is 32.7 Å². The molecule has 26 heavy (non-hydrogen) atoms. The number of halogens is 6. The summed E-state index contributed by atoms with van der Waals surface area (Å²) in [5, 5.41) is 5.78. The lowest BCUT2D eigenvalue weighted by atomic mass is 10.3. The van der Waals surface area contributed by atoms with Crippen LogP contribution in [0.3, 0.4) is 0 Å². The van der Waals surface area contributed by atoms with Crippen molar-refractivity contribution in [3.05, 3.63) is 0 Å². The Hall–Kier alpha value is -2.05. The molecule has 0 unspecified atom stereocenters. The van der Waals surface area contributed by atoms with Crippen molar-refractivity contribution in [2.24, 2.45) is 0 Å². The van der Waals surface area contributed by atoms with Crippen molar-refractivity contribution in [3.63, 3.8) is 0 Å². The van der Waals surface area contributed by atoms with Crippen LogP contribution in [0, 0.1) is 0 Å². The molecule has 0 aromatic carbocycles. The molecular weight excluding hydrogens is 370 g/mol. The van der Waals surface area contributed by atoms with Crippen molar-refractivity contribution >= 4 is 11.9 Å². The van der Waals surface area contributed by atoms with Gasteiger partial charge in [0.1, 0.15) is 0 Å². The van der Waals surface area contributed by atoms with Gasteiger partial charge in [-0.05, 0) is 6.42 Å². The molecule has 1 aromatic heterocycles. The lowest BCUT2D eigenvalue weighted by Gasteiger charge is -2.28. The van der Waals surface area contributed by atoms with Gasteiger partial charge in [-0.25, -0.2) is 0 Å². The second kappa shape index (κ2) is 8.10. The third-order valence-electron chi connectivity index (χ3n) is 3.35. The highest BCUT2D eigenvalue weighted by atomic mass is 19.4. The van der Waals surface area contributed by atoms with Crippen molar-refractivity contribution < 1.29 is 31.1 Å². The Bertz CT molecular complexity index is 575. The predicted molar refractivity (Wildman–Crippen MR) is 80.2 cm³/mol. The van der Waals surface area contributed by atoms with E-state index < -0.39 is 24.5 Å². The Kier molecular flexibility index (Phi) is 6.31. The fourth-order valence-corrected chi connectivity index (χ4v) is 2.15. The largest absolute Gasteiger partial charge is 0.440 e. The van der Waals surface area contributed by atoms with Gasteiger partial charge in [0.2, 0.25) is 11.9 Å². The van der Waals surface area contributed by atoms with Crippen LogP contribution in [0.15, 0.2) is 0 Å². The van der Waals surface area contributed by atoms with Crippen LogP contribution in [0.25, 0.3) is 0 Å². The summed E-state index contributed by atoms with van der Waals surface area (Å²) in [7, 11) is 0. The molecule has 0 aliphatic carbocycles. The maximum absolute atomic E-state index is 12.7. The van der Waals surface area contributed by atoms with E-state index in [2.05, 4.69) is 30.3 Å². The molecule has 2 rings (SSSR count). The fraction of sp³-hybridized carbons (Fsp3) is 0.769. The molecule has 1 saturated heterocycles. The molecule has 13 heteroatoms. The maximum Gasteiger partial charge on any atom is 0.434 e. The van der Waals surface area contributed by atoms with Crippen LogP contribution in [-0.2, 0) is 0 Å². The summed E-state index contributed by atoms with van der Waals surface area (Å²) in [5.41, 5.74) is 0. The van der Waals surface area contributed by atoms with Crippen molar-refractivity contribution in [3.8, 4) is 6.01 Å². The highest BCUT2D eigenvalue weighted by Crippen LogP contribution is 2.36. The zero-order chi connectivity index (χ0) is 19.4. The number of hydrogen-bond donors (Lipinski definition) is 2. The van der Waals surface area contributed by atoms with Crippen molar-refractivity contribution in [2.75, 3.05) is 42.9 Å². The van der Waals surface area contributed by atoms with E-state index in [0.29, 0.717) is 39.1 Å². The van der Waals surface area contributed by atoms with Gasteiger partial charge in [0.05, 0.1) is 0 Å². The number of hydrogen-bond acceptors (Lipinski definition) is 7. The minimum atomic E-state index is -5.66. The van der Waals surface area contributed by atoms with E-state index in [0.717, 1.165) is 0 Å². The van der Waals surface area contributed by atoms with Gasteiger partial charge in [-0.15, -0.1) is 0 Å². The van der Waals surface area contributed by atoms with E-state index in [-0.39, 0.29) is 11.9 Å². The Morgan fingerprint density at radius 1 is 1.08 bits per heavy atom. The number of aromatic nitrogens is 3. The van der Waals surface area contributed by atoms with Crippen LogP contribution in [0.1, 0.15) is 13.3 Å². The van der Waals surface area contributed by atoms with E-state index in [1.54, 1.807) is 4.90 Å². The molecule has 2 N–H and O–H groups in total. The fourth-order valence-electron chi connectivity index (χ4n) is 2.15. The zero-order valence-electron chi connectivity index (χ0n) is 13.8. The highest BCUT2D eigenvalue weighted by molar-refractivity contribution is 5.39. The summed E-state index contributed by atoms with van der Waals surface area (Å²) in [5.74, 6) is -0.188. The Labute approximate surface area is 145 Å². The van der Waals surface area contributed by atoms with Gasteiger partial charge in [-0.2, -0.15) is 41.3 Å². The standard InChI is InChI=1S/C13H18F6N6O/c1-2-3-21-9-22-10(25-6-4-20-5-7-25)24-11(23-9)26-8(12(14,15)16)13(17,18)19/h8,20H,2-7H2,1H3,(H,21,22,23,24). The first-order valence-electron chi connectivity index (χ1n) is 7.87. The Morgan fingerprint density at radius 2 is 1.69 bits per heavy atom. The molecule has 0 spiro atoms. The van der Waals surface area contributed by atoms with Gasteiger partial charge in [-0.3, -0.25) is 0 Å². The van der Waals surface area contributed by atoms with Crippen LogP contribution in [0.5, 0.6) is 6.01 Å². The molecule has 1 aromatic rings. The lowest BCUT2D eigenvalue weighted by Crippen LogP contribution is -2.47. The van der Waals surface area contributed by atoms with Crippen LogP contribution in [0.4, 0.5) is 38.2 Å². The number of rotatable bonds is 6. The summed E-state index contributed by atoms with van der Waals surface area (Å²) >= 11 is 0. The number of nitrogens with one attached hydrogen (secondary N) is 2. The maximum atomic E-state index is 12.7. The first kappa shape index (κ1) is 20.3. The molecule has 0 atom stereocenters. The number of anilines is 2. The molecule has 1 aliphatic heterocycles. The smallest absolute Gasteiger partial charge is 0.434 e. The summed E-state index contributed by atoms with van der Waals surface area (Å²) in [6, 6.07) is -1.04. The second-order valence-electron chi connectivity index (χ2n) is 5.49. The summed E-state index contributed by atoms with van der Waals surface area (Å²) in [6.45, 7) is 4.25. The minimum Gasteiger partial charge on any atom is -0.440 e. The molecular formula is C13H18F6N6O. The van der Waals surface area contributed by atoms with Crippen molar-refractivity contribution in [1.82, 2.24) is 20.3 Å². The zero-order valence-corrected chi connectivity index (χ0v) is 13.8. The molecule has 0 amide bonds. The van der Waals surface area contributed by atoms with Crippen LogP contribution in [0.2, 0.25) is 0 Å². The summed E-state index contributed by atoms with van der Waals surface area (Å²) < 4.78 is 80.4. The van der Waals surface area contributed by atoms with Gasteiger partial charge >= 0.3 is 18.4 Å². The lowest BCUT2D eigenvalue weighted by molar-refractivity contribution is -0.301. The minimum absolute atomic E-state index is 0.0433. The number of nitrogens with zero attached hydrogens (tertiary/aromatic N) is 4. The Balaban J connectivity index is 2.32. The third kappa shape index (κ3) is 5.47. The number of piperazine rings is 1. The summed E-state index contributed by atoms with van der Waals surface area (Å²) in [6.07, 6.45) is -14.7. The quantitative estimate of drug-likeness (QED) is 0.722. The van der Waals surface area contributed by atoms with Gasteiger partial charge in [-0.1, -0.05) is 6.92 Å². The van der Waals surface area contributed by atoms with E-state index >= 15 is 0 Å². The molecule has 7 nitrogen and oxygen atoms in total. The average Bonchev–Trinajstić information content (AvgIpc) is 2.56. The van der Waals surface area contributed by atoms with E-state index in [4.69, 9.17) is 0 Å². The average molecular weight is 388 g/mol. The SMILES string of the molecule is CCCNc1nc(OC(C(F)(F)F)C(F)(F)F)nc(N2CCNCC2)n1. The van der Waals surface area contributed by atoms with Crippen molar-refractivity contribution in [2.45, 2.75) is 31.8 Å². The van der Waals surface area contributed by atoms with Crippen LogP contribution >= 0.6 is 0 Å². The molecule has 148 valence electrons. The Morgan fingerprint density at radius 3 is 2.23 bits per heavy atom. The number of ether oxygens (including phenoxy) is 1. The summed E-state index contributed by atoms with van der Waals surface area (Å²) in [4.78, 5) is 12.9. The van der Waals surface area contributed by atoms with Crippen molar-refractivity contribution in [1.29, 1.82) is 0 Å². The van der Waals surface area contributed by atoms with Gasteiger partial charge in [0.15, 0.2) is 0 Å². The van der Waals surface area contributed by atoms with Gasteiger partial charge in [0.25, 0.3) is 6.10 Å². The molecule has 1 fully saturated rings. The normalized spacial score (nSPS) is 16.1. The first-order chi connectivity index (χ1) is 12.1. The third-order valence-corrected chi connectivity index (χ3v) is 3.35. The van der Waals surface area contributed by atoms with E-state index in [9.17, 15) is 26.3 Å². The van der Waals surface area contributed by atoms with E-state index in [1.165, 1.54) is 0 Å². The molecule has 0 bridgehead atoms. The van der Waals surface area contributed by atoms with Crippen LogP contribution < -0.4 is 20.3 Å². The molecule has 0 radical (unpaired) electrons. The first-order valence-corrected chi connectivity index (χ1v) is 7.87. The highest BCUT2D eigenvalue weighted by Gasteiger charge is 2.59. The molecule has 2 heterocycles. The topological polar surface area (TPSA) is 75.2 Å². The monoisotopic (exact) mass is 388 g/mol. The van der Waals surface area contributed by atoms with E-state index in [1.807, 2.05) is 6.92 Å².